The summed E-state index contributed by atoms with van der Waals surface area (Å²) in [6, 6.07) is 8.14. The minimum Gasteiger partial charge on any atom is -0.312 e. The molecule has 0 aromatic heterocycles. The maximum atomic E-state index is 13.1. The first kappa shape index (κ1) is 14.6. The van der Waals surface area contributed by atoms with Gasteiger partial charge >= 0.3 is 0 Å². The second kappa shape index (κ2) is 6.57. The van der Waals surface area contributed by atoms with E-state index in [1.807, 2.05) is 6.92 Å². The lowest BCUT2D eigenvalue weighted by Gasteiger charge is -2.08. The zero-order chi connectivity index (χ0) is 14.5. The summed E-state index contributed by atoms with van der Waals surface area (Å²) in [7, 11) is 0. The normalized spacial score (nSPS) is 10.8. The van der Waals surface area contributed by atoms with Crippen LogP contribution in [0.2, 0.25) is 0 Å². The predicted octanol–water partition coefficient (Wildman–Crippen LogP) is 3.74. The van der Waals surface area contributed by atoms with Crippen LogP contribution in [0.15, 0.2) is 36.4 Å². The molecule has 0 radical (unpaired) electrons. The average Bonchev–Trinajstić information content (AvgIpc) is 2.37. The Hall–Kier alpha value is -1.81. The van der Waals surface area contributed by atoms with Crippen LogP contribution in [0.3, 0.4) is 0 Å². The van der Waals surface area contributed by atoms with Crippen molar-refractivity contribution >= 4 is 0 Å². The summed E-state index contributed by atoms with van der Waals surface area (Å²) in [5, 5.41) is 3.15. The molecule has 0 atom stereocenters. The van der Waals surface area contributed by atoms with Gasteiger partial charge in [-0.3, -0.25) is 0 Å². The van der Waals surface area contributed by atoms with Gasteiger partial charge in [-0.15, -0.1) is 0 Å². The second-order valence-corrected chi connectivity index (χ2v) is 4.78. The molecule has 0 unspecified atom stereocenters. The van der Waals surface area contributed by atoms with Crippen molar-refractivity contribution in [2.45, 2.75) is 19.9 Å². The van der Waals surface area contributed by atoms with Gasteiger partial charge in [-0.2, -0.15) is 0 Å². The van der Waals surface area contributed by atoms with E-state index >= 15 is 0 Å². The summed E-state index contributed by atoms with van der Waals surface area (Å²) in [5.74, 6) is -1.40. The largest absolute Gasteiger partial charge is 0.312 e. The van der Waals surface area contributed by atoms with Gasteiger partial charge in [0.2, 0.25) is 0 Å². The van der Waals surface area contributed by atoms with Crippen molar-refractivity contribution in [3.05, 3.63) is 70.5 Å². The highest BCUT2D eigenvalue weighted by molar-refractivity contribution is 5.26. The molecule has 1 N–H and O–H groups in total. The van der Waals surface area contributed by atoms with Crippen molar-refractivity contribution in [1.82, 2.24) is 5.32 Å². The Morgan fingerprint density at radius 3 is 2.30 bits per heavy atom. The standard InChI is InChI=1S/C16H16F3N/c1-11-2-3-14(17)8-13(11)10-20-5-4-12-6-15(18)9-16(19)7-12/h2-3,6-9,20H,4-5,10H2,1H3. The summed E-state index contributed by atoms with van der Waals surface area (Å²) in [6.45, 7) is 3.01. The number of benzene rings is 2. The van der Waals surface area contributed by atoms with Crippen molar-refractivity contribution in [2.75, 3.05) is 6.54 Å². The highest BCUT2D eigenvalue weighted by Crippen LogP contribution is 2.10. The van der Waals surface area contributed by atoms with Crippen molar-refractivity contribution < 1.29 is 13.2 Å². The van der Waals surface area contributed by atoms with E-state index in [4.69, 9.17) is 0 Å². The third kappa shape index (κ3) is 4.10. The van der Waals surface area contributed by atoms with Crippen LogP contribution in [0.25, 0.3) is 0 Å². The average molecular weight is 279 g/mol. The van der Waals surface area contributed by atoms with Crippen LogP contribution in [0.1, 0.15) is 16.7 Å². The second-order valence-electron chi connectivity index (χ2n) is 4.78. The molecule has 2 rings (SSSR count). The topological polar surface area (TPSA) is 12.0 Å². The molecule has 0 saturated carbocycles. The van der Waals surface area contributed by atoms with Gasteiger partial charge in [0.1, 0.15) is 17.5 Å². The molecule has 106 valence electrons. The maximum absolute atomic E-state index is 13.1. The number of rotatable bonds is 5. The van der Waals surface area contributed by atoms with E-state index in [1.54, 1.807) is 6.07 Å². The number of hydrogen-bond donors (Lipinski definition) is 1. The fraction of sp³-hybridized carbons (Fsp3) is 0.250. The number of nitrogens with one attached hydrogen (secondary N) is 1. The third-order valence-electron chi connectivity index (χ3n) is 3.14. The van der Waals surface area contributed by atoms with E-state index in [1.165, 1.54) is 24.3 Å². The monoisotopic (exact) mass is 279 g/mol. The van der Waals surface area contributed by atoms with Gasteiger partial charge in [-0.1, -0.05) is 6.07 Å². The molecule has 0 bridgehead atoms. The lowest BCUT2D eigenvalue weighted by atomic mass is 10.1. The molecule has 0 spiro atoms. The van der Waals surface area contributed by atoms with Crippen LogP contribution in [-0.4, -0.2) is 6.54 Å². The van der Waals surface area contributed by atoms with Gasteiger partial charge in [-0.25, -0.2) is 13.2 Å². The molecule has 2 aromatic rings. The Bertz CT molecular complexity index is 576. The Labute approximate surface area is 116 Å². The highest BCUT2D eigenvalue weighted by Gasteiger charge is 2.02. The van der Waals surface area contributed by atoms with Crippen molar-refractivity contribution in [3.8, 4) is 0 Å². The van der Waals surface area contributed by atoms with E-state index < -0.39 is 11.6 Å². The van der Waals surface area contributed by atoms with Crippen LogP contribution in [0, 0.1) is 24.4 Å². The number of hydrogen-bond acceptors (Lipinski definition) is 1. The van der Waals surface area contributed by atoms with Crippen LogP contribution in [0.4, 0.5) is 13.2 Å². The van der Waals surface area contributed by atoms with E-state index in [0.29, 0.717) is 25.1 Å². The summed E-state index contributed by atoms with van der Waals surface area (Å²) in [6.07, 6.45) is 0.517. The maximum Gasteiger partial charge on any atom is 0.126 e. The minimum atomic E-state index is -0.569. The number of aryl methyl sites for hydroxylation is 1. The summed E-state index contributed by atoms with van der Waals surface area (Å²) >= 11 is 0. The number of halogens is 3. The minimum absolute atomic E-state index is 0.264. The van der Waals surface area contributed by atoms with Crippen molar-refractivity contribution in [1.29, 1.82) is 0 Å². The van der Waals surface area contributed by atoms with Gasteiger partial charge < -0.3 is 5.32 Å². The molecule has 1 nitrogen and oxygen atoms in total. The van der Waals surface area contributed by atoms with Crippen LogP contribution >= 0.6 is 0 Å². The first-order valence-corrected chi connectivity index (χ1v) is 6.45. The van der Waals surface area contributed by atoms with E-state index in [2.05, 4.69) is 5.32 Å². The van der Waals surface area contributed by atoms with Gasteiger partial charge in [0.25, 0.3) is 0 Å². The van der Waals surface area contributed by atoms with Crippen molar-refractivity contribution in [2.24, 2.45) is 0 Å². The molecular weight excluding hydrogens is 263 g/mol. The fourth-order valence-electron chi connectivity index (χ4n) is 2.04. The smallest absolute Gasteiger partial charge is 0.126 e. The SMILES string of the molecule is Cc1ccc(F)cc1CNCCc1cc(F)cc(F)c1. The summed E-state index contributed by atoms with van der Waals surface area (Å²) in [5.41, 5.74) is 2.50. The quantitative estimate of drug-likeness (QED) is 0.822. The van der Waals surface area contributed by atoms with E-state index in [-0.39, 0.29) is 5.82 Å². The molecule has 0 aliphatic heterocycles. The lowest BCUT2D eigenvalue weighted by Crippen LogP contribution is -2.17. The van der Waals surface area contributed by atoms with Gasteiger partial charge in [0, 0.05) is 12.6 Å². The van der Waals surface area contributed by atoms with Crippen molar-refractivity contribution in [3.63, 3.8) is 0 Å². The van der Waals surface area contributed by atoms with Gasteiger partial charge in [0.05, 0.1) is 0 Å². The zero-order valence-electron chi connectivity index (χ0n) is 11.2. The Kier molecular flexibility index (Phi) is 4.79. The Morgan fingerprint density at radius 2 is 1.60 bits per heavy atom. The Morgan fingerprint density at radius 1 is 0.900 bits per heavy atom. The highest BCUT2D eigenvalue weighted by atomic mass is 19.1. The van der Waals surface area contributed by atoms with Crippen LogP contribution in [-0.2, 0) is 13.0 Å². The molecule has 0 fully saturated rings. The first-order valence-electron chi connectivity index (χ1n) is 6.45. The third-order valence-corrected chi connectivity index (χ3v) is 3.14. The summed E-state index contributed by atoms with van der Waals surface area (Å²) in [4.78, 5) is 0. The zero-order valence-corrected chi connectivity index (χ0v) is 11.2. The predicted molar refractivity (Wildman–Crippen MR) is 72.9 cm³/mol. The molecule has 4 heteroatoms. The molecule has 0 aliphatic rings. The molecule has 20 heavy (non-hydrogen) atoms. The molecule has 0 heterocycles. The van der Waals surface area contributed by atoms with Gasteiger partial charge in [0.15, 0.2) is 0 Å². The Balaban J connectivity index is 1.86. The summed E-state index contributed by atoms with van der Waals surface area (Å²) < 4.78 is 39.1. The first-order chi connectivity index (χ1) is 9.54. The molecule has 0 amide bonds. The van der Waals surface area contributed by atoms with E-state index in [9.17, 15) is 13.2 Å². The molecule has 0 saturated heterocycles. The lowest BCUT2D eigenvalue weighted by molar-refractivity contribution is 0.577. The van der Waals surface area contributed by atoms with E-state index in [0.717, 1.165) is 17.2 Å². The molecular formula is C16H16F3N. The van der Waals surface area contributed by atoms with Crippen LogP contribution in [0.5, 0.6) is 0 Å². The van der Waals surface area contributed by atoms with Crippen LogP contribution < -0.4 is 5.32 Å². The molecule has 2 aromatic carbocycles. The fourth-order valence-corrected chi connectivity index (χ4v) is 2.04. The molecule has 0 aliphatic carbocycles. The van der Waals surface area contributed by atoms with Gasteiger partial charge in [-0.05, 0) is 60.8 Å².